The van der Waals surface area contributed by atoms with E-state index in [1.165, 1.54) is 22.3 Å². The molecule has 0 N–H and O–H groups in total. The second kappa shape index (κ2) is 5.44. The van der Waals surface area contributed by atoms with Crippen molar-refractivity contribution in [1.29, 1.82) is 0 Å². The molecule has 110 valence electrons. The predicted molar refractivity (Wildman–Crippen MR) is 94.6 cm³/mol. The van der Waals surface area contributed by atoms with Crippen LogP contribution in [0.5, 0.6) is 5.75 Å². The molecule has 21 heavy (non-hydrogen) atoms. The Labute approximate surface area is 143 Å². The van der Waals surface area contributed by atoms with Gasteiger partial charge in [-0.2, -0.15) is 0 Å². The van der Waals surface area contributed by atoms with E-state index in [-0.39, 0.29) is 10.2 Å². The van der Waals surface area contributed by atoms with Crippen molar-refractivity contribution in [3.8, 4) is 5.75 Å². The van der Waals surface area contributed by atoms with Crippen LogP contribution in [-0.2, 0) is 5.41 Å². The summed E-state index contributed by atoms with van der Waals surface area (Å²) in [4.78, 5) is 0.191. The molecule has 0 aromatic heterocycles. The Hall–Kier alpha value is -0.800. The number of alkyl halides is 1. The molecule has 2 aromatic carbocycles. The van der Waals surface area contributed by atoms with Crippen LogP contribution < -0.4 is 4.74 Å². The van der Waals surface area contributed by atoms with Crippen LogP contribution in [0, 0.1) is 6.92 Å². The van der Waals surface area contributed by atoms with E-state index in [1.807, 2.05) is 0 Å². The van der Waals surface area contributed by atoms with Gasteiger partial charge in [-0.25, -0.2) is 0 Å². The molecular weight excluding hydrogens is 392 g/mol. The fraction of sp³-hybridized carbons (Fsp3) is 0.333. The summed E-state index contributed by atoms with van der Waals surface area (Å²) in [6.45, 7) is 7.37. The summed E-state index contributed by atoms with van der Waals surface area (Å²) < 4.78 is 6.92. The van der Waals surface area contributed by atoms with Crippen LogP contribution in [0.1, 0.15) is 40.9 Å². The fourth-order valence-corrected chi connectivity index (χ4v) is 3.94. The minimum absolute atomic E-state index is 0.0877. The first kappa shape index (κ1) is 15.1. The van der Waals surface area contributed by atoms with E-state index in [0.717, 1.165) is 16.8 Å². The van der Waals surface area contributed by atoms with Gasteiger partial charge in [0.1, 0.15) is 5.75 Å². The van der Waals surface area contributed by atoms with Crippen LogP contribution in [0.3, 0.4) is 0 Å². The largest absolute Gasteiger partial charge is 0.492 e. The van der Waals surface area contributed by atoms with Crippen LogP contribution in [0.15, 0.2) is 40.9 Å². The second-order valence-electron chi connectivity index (χ2n) is 6.24. The maximum absolute atomic E-state index is 5.77. The lowest BCUT2D eigenvalue weighted by Crippen LogP contribution is -2.18. The van der Waals surface area contributed by atoms with E-state index in [1.54, 1.807) is 0 Å². The zero-order valence-electron chi connectivity index (χ0n) is 12.4. The van der Waals surface area contributed by atoms with Crippen molar-refractivity contribution in [1.82, 2.24) is 0 Å². The number of hydrogen-bond donors (Lipinski definition) is 0. The monoisotopic (exact) mass is 408 g/mol. The SMILES string of the molecule is Cc1c(Br)cccc1C(Br)c1ccc2c(c1)C(C)(C)CO2. The average molecular weight is 410 g/mol. The first-order valence-corrected chi connectivity index (χ1v) is 8.77. The van der Waals surface area contributed by atoms with E-state index in [9.17, 15) is 0 Å². The topological polar surface area (TPSA) is 9.23 Å². The van der Waals surface area contributed by atoms with Crippen molar-refractivity contribution in [2.45, 2.75) is 31.0 Å². The molecule has 0 saturated carbocycles. The minimum Gasteiger partial charge on any atom is -0.492 e. The standard InChI is InChI=1S/C18H18Br2O/c1-11-13(5-4-6-15(11)19)17(20)12-7-8-16-14(9-12)18(2,3)10-21-16/h4-9,17H,10H2,1-3H3. The quantitative estimate of drug-likeness (QED) is 0.560. The van der Waals surface area contributed by atoms with Gasteiger partial charge in [0.2, 0.25) is 0 Å². The Balaban J connectivity index is 2.03. The molecule has 1 aliphatic rings. The Kier molecular flexibility index (Phi) is 3.91. The lowest BCUT2D eigenvalue weighted by Gasteiger charge is -2.19. The third-order valence-electron chi connectivity index (χ3n) is 4.20. The van der Waals surface area contributed by atoms with Gasteiger partial charge in [-0.15, -0.1) is 0 Å². The Morgan fingerprint density at radius 3 is 2.71 bits per heavy atom. The van der Waals surface area contributed by atoms with Gasteiger partial charge in [0.25, 0.3) is 0 Å². The molecule has 3 rings (SSSR count). The third-order valence-corrected chi connectivity index (χ3v) is 6.08. The van der Waals surface area contributed by atoms with Crippen molar-refractivity contribution >= 4 is 31.9 Å². The Bertz CT molecular complexity index is 692. The van der Waals surface area contributed by atoms with Gasteiger partial charge >= 0.3 is 0 Å². The molecule has 0 radical (unpaired) electrons. The highest BCUT2D eigenvalue weighted by atomic mass is 79.9. The number of halogens is 2. The Morgan fingerprint density at radius 2 is 1.95 bits per heavy atom. The summed E-state index contributed by atoms with van der Waals surface area (Å²) in [5.41, 5.74) is 5.23. The van der Waals surface area contributed by atoms with Crippen LogP contribution in [-0.4, -0.2) is 6.61 Å². The summed E-state index contributed by atoms with van der Waals surface area (Å²) >= 11 is 7.48. The summed E-state index contributed by atoms with van der Waals surface area (Å²) in [6, 6.07) is 12.9. The van der Waals surface area contributed by atoms with E-state index >= 15 is 0 Å². The molecular formula is C18H18Br2O. The lowest BCUT2D eigenvalue weighted by molar-refractivity contribution is 0.291. The molecule has 0 saturated heterocycles. The van der Waals surface area contributed by atoms with Crippen LogP contribution in [0.2, 0.25) is 0 Å². The highest BCUT2D eigenvalue weighted by molar-refractivity contribution is 9.10. The van der Waals surface area contributed by atoms with Gasteiger partial charge in [-0.3, -0.25) is 0 Å². The van der Waals surface area contributed by atoms with Crippen LogP contribution >= 0.6 is 31.9 Å². The highest BCUT2D eigenvalue weighted by Gasteiger charge is 2.32. The molecule has 1 aliphatic heterocycles. The molecule has 0 spiro atoms. The number of fused-ring (bicyclic) bond motifs is 1. The lowest BCUT2D eigenvalue weighted by atomic mass is 9.85. The molecule has 0 fully saturated rings. The smallest absolute Gasteiger partial charge is 0.123 e. The molecule has 2 aromatic rings. The molecule has 0 aliphatic carbocycles. The molecule has 0 bridgehead atoms. The van der Waals surface area contributed by atoms with E-state index in [0.29, 0.717) is 0 Å². The van der Waals surface area contributed by atoms with Gasteiger partial charge in [0, 0.05) is 15.5 Å². The van der Waals surface area contributed by atoms with Gasteiger partial charge in [0.05, 0.1) is 11.4 Å². The molecule has 1 unspecified atom stereocenters. The van der Waals surface area contributed by atoms with Crippen molar-refractivity contribution in [3.63, 3.8) is 0 Å². The number of ether oxygens (including phenoxy) is 1. The summed E-state index contributed by atoms with van der Waals surface area (Å²) in [5.74, 6) is 1.02. The van der Waals surface area contributed by atoms with E-state index < -0.39 is 0 Å². The van der Waals surface area contributed by atoms with Gasteiger partial charge < -0.3 is 4.74 Å². The summed E-state index contributed by atoms with van der Waals surface area (Å²) in [6.07, 6.45) is 0. The molecule has 3 heteroatoms. The van der Waals surface area contributed by atoms with Crippen molar-refractivity contribution in [3.05, 3.63) is 63.1 Å². The van der Waals surface area contributed by atoms with Crippen molar-refractivity contribution < 1.29 is 4.74 Å². The number of rotatable bonds is 2. The van der Waals surface area contributed by atoms with Crippen molar-refractivity contribution in [2.24, 2.45) is 0 Å². The van der Waals surface area contributed by atoms with Gasteiger partial charge in [-0.1, -0.05) is 63.9 Å². The average Bonchev–Trinajstić information content (AvgIpc) is 2.76. The number of hydrogen-bond acceptors (Lipinski definition) is 1. The second-order valence-corrected chi connectivity index (χ2v) is 8.01. The first-order valence-electron chi connectivity index (χ1n) is 7.06. The van der Waals surface area contributed by atoms with Crippen LogP contribution in [0.4, 0.5) is 0 Å². The zero-order valence-corrected chi connectivity index (χ0v) is 15.6. The van der Waals surface area contributed by atoms with Gasteiger partial charge in [-0.05, 0) is 41.8 Å². The zero-order chi connectivity index (χ0) is 15.2. The molecule has 1 heterocycles. The van der Waals surface area contributed by atoms with E-state index in [2.05, 4.69) is 89.0 Å². The third kappa shape index (κ3) is 2.66. The highest BCUT2D eigenvalue weighted by Crippen LogP contribution is 2.42. The fourth-order valence-electron chi connectivity index (χ4n) is 2.77. The maximum atomic E-state index is 5.77. The molecule has 1 nitrogen and oxygen atoms in total. The van der Waals surface area contributed by atoms with E-state index in [4.69, 9.17) is 4.74 Å². The molecule has 1 atom stereocenters. The number of benzene rings is 2. The van der Waals surface area contributed by atoms with Crippen LogP contribution in [0.25, 0.3) is 0 Å². The molecule has 0 amide bonds. The van der Waals surface area contributed by atoms with Crippen molar-refractivity contribution in [2.75, 3.05) is 6.61 Å². The predicted octanol–water partition coefficient (Wildman–Crippen LogP) is 5.91. The summed E-state index contributed by atoms with van der Waals surface area (Å²) in [7, 11) is 0. The maximum Gasteiger partial charge on any atom is 0.123 e. The minimum atomic E-state index is 0.0877. The Morgan fingerprint density at radius 1 is 1.19 bits per heavy atom. The first-order chi connectivity index (χ1) is 9.90. The van der Waals surface area contributed by atoms with Gasteiger partial charge in [0.15, 0.2) is 0 Å². The normalized spacial score (nSPS) is 17.2. The summed E-state index contributed by atoms with van der Waals surface area (Å²) in [5, 5.41) is 0.